The number of carbonyl (C=O) groups excluding carboxylic acids is 1. The van der Waals surface area contributed by atoms with E-state index >= 15 is 0 Å². The van der Waals surface area contributed by atoms with Gasteiger partial charge in [0.05, 0.1) is 58.5 Å². The van der Waals surface area contributed by atoms with Crippen molar-refractivity contribution >= 4 is 34.4 Å². The molecule has 2 aliphatic rings. The number of imidazole rings is 1. The molecule has 1 atom stereocenters. The Hall–Kier alpha value is -3.73. The van der Waals surface area contributed by atoms with Gasteiger partial charge < -0.3 is 20.1 Å². The molecule has 11 heteroatoms. The third-order valence-corrected chi connectivity index (χ3v) is 8.62. The average molecular weight is 591 g/mol. The number of para-hydroxylation sites is 2. The van der Waals surface area contributed by atoms with Gasteiger partial charge in [0.25, 0.3) is 5.91 Å². The number of aliphatic hydroxyl groups is 1. The molecule has 4 heterocycles. The molecule has 1 aliphatic heterocycles. The first-order chi connectivity index (χ1) is 20.4. The lowest BCUT2D eigenvalue weighted by atomic mass is 9.85. The zero-order valence-electron chi connectivity index (χ0n) is 23.6. The van der Waals surface area contributed by atoms with Gasteiger partial charge in [0.2, 0.25) is 0 Å². The molecule has 42 heavy (non-hydrogen) atoms. The molecule has 1 aromatic carbocycles. The van der Waals surface area contributed by atoms with Crippen molar-refractivity contribution in [1.29, 1.82) is 0 Å². The molecule has 3 aromatic heterocycles. The normalized spacial score (nSPS) is 21.0. The van der Waals surface area contributed by atoms with Gasteiger partial charge in [-0.3, -0.25) is 18.9 Å². The molecule has 1 saturated heterocycles. The average Bonchev–Trinajstić information content (AvgIpc) is 3.30. The summed E-state index contributed by atoms with van der Waals surface area (Å²) in [7, 11) is 0. The highest BCUT2D eigenvalue weighted by atomic mass is 35.5. The van der Waals surface area contributed by atoms with Crippen LogP contribution in [0.25, 0.3) is 16.7 Å². The maximum absolute atomic E-state index is 13.8. The predicted molar refractivity (Wildman–Crippen MR) is 162 cm³/mol. The third-order valence-electron chi connectivity index (χ3n) is 8.41. The Bertz CT molecular complexity index is 1630. The Morgan fingerprint density at radius 2 is 1.88 bits per heavy atom. The fourth-order valence-electron chi connectivity index (χ4n) is 6.12. The largest absolute Gasteiger partial charge is 0.394 e. The van der Waals surface area contributed by atoms with Crippen LogP contribution in [-0.2, 0) is 11.3 Å². The van der Waals surface area contributed by atoms with Gasteiger partial charge in [0.15, 0.2) is 0 Å². The van der Waals surface area contributed by atoms with E-state index < -0.39 is 0 Å². The molecule has 2 N–H and O–H groups in total. The zero-order valence-corrected chi connectivity index (χ0v) is 24.3. The van der Waals surface area contributed by atoms with Crippen LogP contribution in [0, 0.1) is 12.8 Å². The van der Waals surface area contributed by atoms with E-state index in [4.69, 9.17) is 16.3 Å². The number of halogens is 1. The van der Waals surface area contributed by atoms with Crippen molar-refractivity contribution in [3.63, 3.8) is 0 Å². The SMILES string of the molecule is Cc1ncc(Cl)cc1C(=O)N[C@H]1CC[C@H](Cn2c(=O)n(-c3ccc(N4CCOC(CO)C4)nc3)c3ccccc32)CC1. The quantitative estimate of drug-likeness (QED) is 0.337. The third kappa shape index (κ3) is 5.79. The number of hydrogen-bond donors (Lipinski definition) is 2. The molecule has 220 valence electrons. The van der Waals surface area contributed by atoms with Gasteiger partial charge in [-0.2, -0.15) is 0 Å². The lowest BCUT2D eigenvalue weighted by Gasteiger charge is -2.32. The van der Waals surface area contributed by atoms with Crippen LogP contribution in [0.3, 0.4) is 0 Å². The van der Waals surface area contributed by atoms with Crippen molar-refractivity contribution in [2.75, 3.05) is 31.2 Å². The highest BCUT2D eigenvalue weighted by Crippen LogP contribution is 2.28. The van der Waals surface area contributed by atoms with E-state index in [1.54, 1.807) is 30.0 Å². The van der Waals surface area contributed by atoms with Gasteiger partial charge in [0, 0.05) is 31.9 Å². The van der Waals surface area contributed by atoms with E-state index in [-0.39, 0.29) is 30.3 Å². The minimum atomic E-state index is -0.225. The molecular formula is C31H35ClN6O4. The summed E-state index contributed by atoms with van der Waals surface area (Å²) < 4.78 is 9.17. The number of benzene rings is 1. The number of nitrogens with zero attached hydrogens (tertiary/aromatic N) is 5. The van der Waals surface area contributed by atoms with Gasteiger partial charge in [0.1, 0.15) is 5.82 Å². The smallest absolute Gasteiger partial charge is 0.333 e. The molecule has 1 aliphatic carbocycles. The van der Waals surface area contributed by atoms with Crippen LogP contribution in [0.15, 0.2) is 59.7 Å². The van der Waals surface area contributed by atoms with E-state index in [1.165, 1.54) is 0 Å². The molecule has 10 nitrogen and oxygen atoms in total. The number of pyridine rings is 2. The van der Waals surface area contributed by atoms with Gasteiger partial charge >= 0.3 is 5.69 Å². The van der Waals surface area contributed by atoms with Crippen LogP contribution in [-0.4, -0.2) is 68.6 Å². The first-order valence-electron chi connectivity index (χ1n) is 14.5. The Morgan fingerprint density at radius 1 is 1.10 bits per heavy atom. The second-order valence-corrected chi connectivity index (χ2v) is 11.6. The van der Waals surface area contributed by atoms with Gasteiger partial charge in [-0.25, -0.2) is 9.78 Å². The number of fused-ring (bicyclic) bond motifs is 1. The summed E-state index contributed by atoms with van der Waals surface area (Å²) >= 11 is 6.05. The summed E-state index contributed by atoms with van der Waals surface area (Å²) in [5, 5.41) is 13.1. The maximum Gasteiger partial charge on any atom is 0.333 e. The summed E-state index contributed by atoms with van der Waals surface area (Å²) in [5.74, 6) is 0.973. The Morgan fingerprint density at radius 3 is 2.62 bits per heavy atom. The maximum atomic E-state index is 13.8. The minimum absolute atomic E-state index is 0.0276. The number of anilines is 1. The fraction of sp³-hybridized carbons (Fsp3) is 0.419. The van der Waals surface area contributed by atoms with Crippen LogP contribution in [0.1, 0.15) is 41.7 Å². The number of aromatic nitrogens is 4. The number of rotatable bonds is 7. The molecule has 0 bridgehead atoms. The fourth-order valence-corrected chi connectivity index (χ4v) is 6.28. The topological polar surface area (TPSA) is 115 Å². The molecule has 4 aromatic rings. The standard InChI is InChI=1S/C31H35ClN6O4/c1-20-26(14-22(32)15-33-20)30(40)35-23-8-6-21(7-9-23)17-37-27-4-2-3-5-28(27)38(31(37)41)24-10-11-29(34-16-24)36-12-13-42-25(18-36)19-39/h2-5,10-11,14-16,21,23,25,39H,6-9,12-13,17-19H2,1H3,(H,35,40)/t21-,23-,25?. The number of amides is 1. The Kier molecular flexibility index (Phi) is 8.28. The number of morpholine rings is 1. The molecule has 1 amide bonds. The first kappa shape index (κ1) is 28.4. The minimum Gasteiger partial charge on any atom is -0.394 e. The Labute approximate surface area is 248 Å². The molecule has 0 spiro atoms. The van der Waals surface area contributed by atoms with Gasteiger partial charge in [-0.1, -0.05) is 23.7 Å². The predicted octanol–water partition coefficient (Wildman–Crippen LogP) is 3.73. The number of carbonyl (C=O) groups is 1. The van der Waals surface area contributed by atoms with Crippen molar-refractivity contribution in [3.8, 4) is 5.69 Å². The van der Waals surface area contributed by atoms with Crippen molar-refractivity contribution in [2.24, 2.45) is 5.92 Å². The lowest BCUT2D eigenvalue weighted by molar-refractivity contribution is 0.00336. The molecule has 6 rings (SSSR count). The van der Waals surface area contributed by atoms with Gasteiger partial charge in [-0.05, 0) is 68.9 Å². The highest BCUT2D eigenvalue weighted by Gasteiger charge is 2.26. The van der Waals surface area contributed by atoms with Crippen LogP contribution in [0.4, 0.5) is 5.82 Å². The second kappa shape index (κ2) is 12.2. The van der Waals surface area contributed by atoms with Crippen LogP contribution in [0.2, 0.25) is 5.02 Å². The van der Waals surface area contributed by atoms with E-state index in [1.807, 2.05) is 41.0 Å². The van der Waals surface area contributed by atoms with Crippen LogP contribution >= 0.6 is 11.6 Å². The van der Waals surface area contributed by atoms with Crippen molar-refractivity contribution in [2.45, 2.75) is 51.3 Å². The first-order valence-corrected chi connectivity index (χ1v) is 14.9. The number of aliphatic hydroxyl groups excluding tert-OH is 1. The lowest BCUT2D eigenvalue weighted by Crippen LogP contribution is -2.44. The summed E-state index contributed by atoms with van der Waals surface area (Å²) in [4.78, 5) is 37.6. The van der Waals surface area contributed by atoms with E-state index in [2.05, 4.69) is 20.2 Å². The number of aryl methyl sites for hydroxylation is 1. The molecule has 2 fully saturated rings. The molecular weight excluding hydrogens is 556 g/mol. The number of nitrogens with one attached hydrogen (secondary N) is 1. The summed E-state index contributed by atoms with van der Waals surface area (Å²) in [6.45, 7) is 4.20. The zero-order chi connectivity index (χ0) is 29.2. The molecule has 0 radical (unpaired) electrons. The van der Waals surface area contributed by atoms with E-state index in [0.717, 1.165) is 42.5 Å². The highest BCUT2D eigenvalue weighted by molar-refractivity contribution is 6.30. The number of ether oxygens (including phenoxy) is 1. The monoisotopic (exact) mass is 590 g/mol. The molecule has 1 unspecified atom stereocenters. The van der Waals surface area contributed by atoms with E-state index in [0.29, 0.717) is 54.1 Å². The van der Waals surface area contributed by atoms with Crippen molar-refractivity contribution in [3.05, 3.63) is 81.6 Å². The summed E-state index contributed by atoms with van der Waals surface area (Å²) in [6.07, 6.45) is 6.58. The number of hydrogen-bond acceptors (Lipinski definition) is 7. The molecule has 1 saturated carbocycles. The second-order valence-electron chi connectivity index (χ2n) is 11.2. The van der Waals surface area contributed by atoms with Crippen LogP contribution < -0.4 is 15.9 Å². The summed E-state index contributed by atoms with van der Waals surface area (Å²) in [6, 6.07) is 13.4. The van der Waals surface area contributed by atoms with Gasteiger partial charge in [-0.15, -0.1) is 0 Å². The Balaban J connectivity index is 1.16. The van der Waals surface area contributed by atoms with Crippen LogP contribution in [0.5, 0.6) is 0 Å². The van der Waals surface area contributed by atoms with Crippen molar-refractivity contribution in [1.82, 2.24) is 24.4 Å². The summed E-state index contributed by atoms with van der Waals surface area (Å²) in [5.41, 5.74) is 3.52. The van der Waals surface area contributed by atoms with E-state index in [9.17, 15) is 14.7 Å². The van der Waals surface area contributed by atoms with Crippen molar-refractivity contribution < 1.29 is 14.6 Å².